The molecule has 0 fully saturated rings. The summed E-state index contributed by atoms with van der Waals surface area (Å²) in [6.45, 7) is 3.96. The topological polar surface area (TPSA) is 95.2 Å². The number of carbonyl (C=O) groups is 2. The molecule has 0 aliphatic rings. The molecule has 0 saturated carbocycles. The minimum Gasteiger partial charge on any atom is -0.356 e. The summed E-state index contributed by atoms with van der Waals surface area (Å²) in [6.07, 6.45) is 5.62. The molecule has 4 aromatic rings. The summed E-state index contributed by atoms with van der Waals surface area (Å²) in [5, 5.41) is 3.85. The van der Waals surface area contributed by atoms with Crippen LogP contribution < -0.4 is 15.8 Å². The highest BCUT2D eigenvalue weighted by Crippen LogP contribution is 2.21. The molecule has 186 valence electrons. The monoisotopic (exact) mass is 512 g/mol. The van der Waals surface area contributed by atoms with E-state index in [4.69, 9.17) is 18.0 Å². The maximum atomic E-state index is 12.9. The van der Waals surface area contributed by atoms with Crippen LogP contribution in [0.3, 0.4) is 0 Å². The molecule has 0 spiro atoms. The van der Waals surface area contributed by atoms with E-state index in [9.17, 15) is 14.4 Å². The Labute approximate surface area is 219 Å². The van der Waals surface area contributed by atoms with Gasteiger partial charge < -0.3 is 15.2 Å². The first-order valence-electron chi connectivity index (χ1n) is 11.6. The van der Waals surface area contributed by atoms with Gasteiger partial charge in [0.2, 0.25) is 0 Å². The van der Waals surface area contributed by atoms with Crippen molar-refractivity contribution in [3.8, 4) is 12.3 Å². The summed E-state index contributed by atoms with van der Waals surface area (Å²) in [6, 6.07) is 18.5. The number of halogens is 1. The summed E-state index contributed by atoms with van der Waals surface area (Å²) in [4.78, 5) is 46.5. The molecule has 0 aliphatic heterocycles. The molecular weight excluding hydrogens is 488 g/mol. The van der Waals surface area contributed by atoms with Gasteiger partial charge in [0.1, 0.15) is 11.9 Å². The number of aryl methyl sites for hydroxylation is 1. The summed E-state index contributed by atoms with van der Waals surface area (Å²) in [5.41, 5.74) is 3.21. The lowest BCUT2D eigenvalue weighted by atomic mass is 10.0. The van der Waals surface area contributed by atoms with Gasteiger partial charge in [-0.05, 0) is 73.5 Å². The molecule has 3 aromatic carbocycles. The van der Waals surface area contributed by atoms with E-state index < -0.39 is 6.04 Å². The second-order valence-corrected chi connectivity index (χ2v) is 9.12. The Morgan fingerprint density at radius 2 is 1.81 bits per heavy atom. The summed E-state index contributed by atoms with van der Waals surface area (Å²) < 4.78 is 0. The molecule has 4 rings (SSSR count). The van der Waals surface area contributed by atoms with Crippen molar-refractivity contribution in [3.63, 3.8) is 0 Å². The second kappa shape index (κ2) is 11.1. The van der Waals surface area contributed by atoms with E-state index in [0.29, 0.717) is 46.0 Å². The number of nitrogens with one attached hydrogen (secondary N) is 2. The number of fused-ring (bicyclic) bond motifs is 1. The molecule has 8 heteroatoms. The van der Waals surface area contributed by atoms with Crippen LogP contribution in [-0.2, 0) is 11.3 Å². The number of nitrogens with zero attached hydrogens (tertiary/aromatic N) is 2. The number of hydrogen-bond donors (Lipinski definition) is 2. The highest BCUT2D eigenvalue weighted by atomic mass is 35.5. The van der Waals surface area contributed by atoms with Gasteiger partial charge in [0.05, 0.1) is 17.4 Å². The number of H-pyrrole nitrogens is 1. The zero-order valence-electron chi connectivity index (χ0n) is 20.4. The van der Waals surface area contributed by atoms with Crippen molar-refractivity contribution in [3.05, 3.63) is 105 Å². The van der Waals surface area contributed by atoms with Crippen LogP contribution in [-0.4, -0.2) is 28.2 Å². The van der Waals surface area contributed by atoms with Crippen LogP contribution in [0.5, 0.6) is 0 Å². The first kappa shape index (κ1) is 25.7. The van der Waals surface area contributed by atoms with Gasteiger partial charge in [0.25, 0.3) is 11.5 Å². The summed E-state index contributed by atoms with van der Waals surface area (Å²) in [5.74, 6) is 2.66. The number of benzene rings is 3. The molecule has 1 heterocycles. The molecule has 0 bridgehead atoms. The predicted molar refractivity (Wildman–Crippen MR) is 146 cm³/mol. The lowest BCUT2D eigenvalue weighted by molar-refractivity contribution is -0.118. The zero-order chi connectivity index (χ0) is 26.5. The first-order valence-corrected chi connectivity index (χ1v) is 12.0. The van der Waals surface area contributed by atoms with E-state index in [2.05, 4.69) is 21.2 Å². The summed E-state index contributed by atoms with van der Waals surface area (Å²) >= 11 is 5.94. The SMILES string of the molecule is C#CCN(Cc1ccc2nc(C)[nH]c(=O)c2c1)c1ccc(C(=O)NC(C(C)=O)c2ccc(Cl)cc2)cc1. The number of anilines is 1. The van der Waals surface area contributed by atoms with Gasteiger partial charge in [-0.15, -0.1) is 6.42 Å². The molecule has 1 amide bonds. The molecular formula is C29H25ClN4O3. The van der Waals surface area contributed by atoms with Crippen molar-refractivity contribution in [2.75, 3.05) is 11.4 Å². The lowest BCUT2D eigenvalue weighted by Crippen LogP contribution is -2.32. The van der Waals surface area contributed by atoms with E-state index in [-0.39, 0.29) is 17.2 Å². The molecule has 37 heavy (non-hydrogen) atoms. The van der Waals surface area contributed by atoms with Crippen LogP contribution >= 0.6 is 11.6 Å². The number of rotatable bonds is 8. The van der Waals surface area contributed by atoms with Gasteiger partial charge in [-0.2, -0.15) is 0 Å². The molecule has 2 N–H and O–H groups in total. The fourth-order valence-electron chi connectivity index (χ4n) is 4.08. The fourth-order valence-corrected chi connectivity index (χ4v) is 4.21. The molecule has 1 aromatic heterocycles. The normalized spacial score (nSPS) is 11.5. The van der Waals surface area contributed by atoms with E-state index in [0.717, 1.165) is 11.3 Å². The van der Waals surface area contributed by atoms with Crippen molar-refractivity contribution in [1.29, 1.82) is 0 Å². The van der Waals surface area contributed by atoms with Crippen LogP contribution in [0.2, 0.25) is 5.02 Å². The van der Waals surface area contributed by atoms with Crippen molar-refractivity contribution >= 4 is 39.9 Å². The predicted octanol–water partition coefficient (Wildman–Crippen LogP) is 4.58. The third kappa shape index (κ3) is 6.05. The van der Waals surface area contributed by atoms with Crippen LogP contribution in [0.15, 0.2) is 71.5 Å². The highest BCUT2D eigenvalue weighted by molar-refractivity contribution is 6.30. The van der Waals surface area contributed by atoms with Crippen LogP contribution in [0.1, 0.15) is 40.3 Å². The summed E-state index contributed by atoms with van der Waals surface area (Å²) in [7, 11) is 0. The third-order valence-corrected chi connectivity index (χ3v) is 6.18. The Bertz CT molecular complexity index is 1550. The van der Waals surface area contributed by atoms with E-state index in [1.54, 1.807) is 55.5 Å². The Morgan fingerprint density at radius 1 is 1.11 bits per heavy atom. The van der Waals surface area contributed by atoms with Crippen molar-refractivity contribution in [2.45, 2.75) is 26.4 Å². The molecule has 0 saturated heterocycles. The van der Waals surface area contributed by atoms with E-state index in [1.165, 1.54) is 6.92 Å². The minimum atomic E-state index is -0.781. The Balaban J connectivity index is 1.52. The number of amides is 1. The standard InChI is InChI=1S/C29H25ClN4O3/c1-4-15-34(17-20-5-14-26-25(16-20)29(37)32-19(3)31-26)24-12-8-22(9-13-24)28(36)33-27(18(2)35)21-6-10-23(30)11-7-21/h1,5-14,16,27H,15,17H2,2-3H3,(H,33,36)(H,31,32,37). The number of carbonyl (C=O) groups excluding carboxylic acids is 2. The third-order valence-electron chi connectivity index (χ3n) is 5.92. The van der Waals surface area contributed by atoms with Crippen LogP contribution in [0, 0.1) is 19.3 Å². The quantitative estimate of drug-likeness (QED) is 0.337. The Hall–Kier alpha value is -4.41. The van der Waals surface area contributed by atoms with Gasteiger partial charge in [-0.25, -0.2) is 4.98 Å². The van der Waals surface area contributed by atoms with Gasteiger partial charge in [0, 0.05) is 22.8 Å². The molecule has 1 unspecified atom stereocenters. The number of terminal acetylenes is 1. The van der Waals surface area contributed by atoms with Gasteiger partial charge in [0.15, 0.2) is 5.78 Å². The number of ketones is 1. The number of aromatic nitrogens is 2. The van der Waals surface area contributed by atoms with E-state index in [1.807, 2.05) is 23.1 Å². The number of Topliss-reactive ketones (excluding diaryl/α,β-unsaturated/α-hetero) is 1. The van der Waals surface area contributed by atoms with Gasteiger partial charge in [-0.1, -0.05) is 35.7 Å². The second-order valence-electron chi connectivity index (χ2n) is 8.68. The van der Waals surface area contributed by atoms with Gasteiger partial charge >= 0.3 is 0 Å². The first-order chi connectivity index (χ1) is 17.7. The number of aromatic amines is 1. The molecule has 1 atom stereocenters. The molecule has 7 nitrogen and oxygen atoms in total. The van der Waals surface area contributed by atoms with Gasteiger partial charge in [-0.3, -0.25) is 14.4 Å². The number of hydrogen-bond acceptors (Lipinski definition) is 5. The van der Waals surface area contributed by atoms with Crippen molar-refractivity contribution in [1.82, 2.24) is 15.3 Å². The highest BCUT2D eigenvalue weighted by Gasteiger charge is 2.20. The van der Waals surface area contributed by atoms with Crippen molar-refractivity contribution in [2.24, 2.45) is 0 Å². The Kier molecular flexibility index (Phi) is 7.71. The smallest absolute Gasteiger partial charge is 0.258 e. The van der Waals surface area contributed by atoms with Crippen molar-refractivity contribution < 1.29 is 9.59 Å². The largest absolute Gasteiger partial charge is 0.356 e. The molecule has 0 aliphatic carbocycles. The van der Waals surface area contributed by atoms with Crippen LogP contribution in [0.4, 0.5) is 5.69 Å². The van der Waals surface area contributed by atoms with E-state index >= 15 is 0 Å². The van der Waals surface area contributed by atoms with Crippen LogP contribution in [0.25, 0.3) is 10.9 Å². The molecule has 0 radical (unpaired) electrons. The fraction of sp³-hybridized carbons (Fsp3) is 0.172. The lowest BCUT2D eigenvalue weighted by Gasteiger charge is -2.23. The maximum absolute atomic E-state index is 12.9. The average Bonchev–Trinajstić information content (AvgIpc) is 2.88. The average molecular weight is 513 g/mol. The Morgan fingerprint density at radius 3 is 2.46 bits per heavy atom. The minimum absolute atomic E-state index is 0.188. The zero-order valence-corrected chi connectivity index (χ0v) is 21.2. The maximum Gasteiger partial charge on any atom is 0.258 e.